The summed E-state index contributed by atoms with van der Waals surface area (Å²) in [5, 5.41) is 8.73. The van der Waals surface area contributed by atoms with E-state index < -0.39 is 12.1 Å². The van der Waals surface area contributed by atoms with Crippen LogP contribution >= 0.6 is 0 Å². The number of hydrogen-bond donors (Lipinski definition) is 3. The molecule has 51 heavy (non-hydrogen) atoms. The first-order chi connectivity index (χ1) is 24.9. The van der Waals surface area contributed by atoms with E-state index in [1.807, 2.05) is 88.7 Å². The highest BCUT2D eigenvalue weighted by molar-refractivity contribution is 5.96. The molecule has 4 aliphatic rings. The van der Waals surface area contributed by atoms with Gasteiger partial charge in [-0.2, -0.15) is 0 Å². The molecule has 0 radical (unpaired) electrons. The van der Waals surface area contributed by atoms with Gasteiger partial charge in [0.2, 0.25) is 11.8 Å². The van der Waals surface area contributed by atoms with E-state index in [9.17, 15) is 19.2 Å². The zero-order valence-corrected chi connectivity index (χ0v) is 29.3. The topological polar surface area (TPSA) is 117 Å². The molecule has 3 saturated heterocycles. The van der Waals surface area contributed by atoms with E-state index in [0.29, 0.717) is 57.3 Å². The standard InChI is InChI=1S/C40H49N7O4/c48-37(45-23-19-34(20-24-45)47-28-31-11-5-6-12-35(31)43-40(47)51)27-36(38(49)46-25-17-33(18-26-46)44-21-7-2-8-22-44)42-39(50)41-32-15-13-30(14-16-32)29-9-3-1-4-10-29/h1,3-6,9-16,33-34,36H,2,7-8,17-28H2,(H,43,51)(H2,41,42,50)/t36-/m0/s1. The van der Waals surface area contributed by atoms with Gasteiger partial charge in [-0.3, -0.25) is 9.59 Å². The predicted molar refractivity (Wildman–Crippen MR) is 198 cm³/mol. The Hall–Kier alpha value is -4.90. The summed E-state index contributed by atoms with van der Waals surface area (Å²) in [5.74, 6) is -0.385. The number of likely N-dealkylation sites (tertiary alicyclic amines) is 3. The first kappa shape index (κ1) is 34.5. The number of urea groups is 2. The van der Waals surface area contributed by atoms with Crippen LogP contribution < -0.4 is 16.0 Å². The third-order valence-electron chi connectivity index (χ3n) is 11.0. The second kappa shape index (κ2) is 16.0. The Labute approximate surface area is 300 Å². The van der Waals surface area contributed by atoms with Gasteiger partial charge in [0.15, 0.2) is 0 Å². The van der Waals surface area contributed by atoms with Gasteiger partial charge in [-0.05, 0) is 86.5 Å². The molecule has 0 aromatic heterocycles. The minimum absolute atomic E-state index is 0.0122. The Morgan fingerprint density at radius 3 is 2.06 bits per heavy atom. The number of hydrogen-bond acceptors (Lipinski definition) is 5. The van der Waals surface area contributed by atoms with E-state index >= 15 is 0 Å². The lowest BCUT2D eigenvalue weighted by Crippen LogP contribution is -2.56. The quantitative estimate of drug-likeness (QED) is 0.278. The van der Waals surface area contributed by atoms with Gasteiger partial charge < -0.3 is 35.6 Å². The number of fused-ring (bicyclic) bond motifs is 1. The average molecular weight is 692 g/mol. The molecule has 0 unspecified atom stereocenters. The molecule has 0 saturated carbocycles. The van der Waals surface area contributed by atoms with Gasteiger partial charge in [-0.15, -0.1) is 0 Å². The van der Waals surface area contributed by atoms with Crippen molar-refractivity contribution in [1.29, 1.82) is 0 Å². The summed E-state index contributed by atoms with van der Waals surface area (Å²) in [6, 6.07) is 24.2. The van der Waals surface area contributed by atoms with Crippen LogP contribution in [0.2, 0.25) is 0 Å². The van der Waals surface area contributed by atoms with E-state index in [1.54, 1.807) is 4.90 Å². The molecule has 3 fully saturated rings. The van der Waals surface area contributed by atoms with Crippen molar-refractivity contribution in [2.24, 2.45) is 0 Å². The molecule has 3 aromatic carbocycles. The number of anilines is 2. The van der Waals surface area contributed by atoms with Crippen LogP contribution in [-0.4, -0.2) is 101 Å². The molecule has 268 valence electrons. The third-order valence-corrected chi connectivity index (χ3v) is 11.0. The molecule has 7 rings (SSSR count). The SMILES string of the molecule is O=C(Nc1ccc(-c2ccccc2)cc1)N[C@@H](CC(=O)N1CCC(N2Cc3ccccc3NC2=O)CC1)C(=O)N1CCC(N2CCCCC2)CC1. The van der Waals surface area contributed by atoms with Crippen molar-refractivity contribution in [2.45, 2.75) is 76.0 Å². The Kier molecular flexibility index (Phi) is 10.8. The zero-order valence-electron chi connectivity index (χ0n) is 29.3. The molecule has 0 aliphatic carbocycles. The number of nitrogens with zero attached hydrogens (tertiary/aromatic N) is 4. The van der Waals surface area contributed by atoms with Crippen molar-refractivity contribution < 1.29 is 19.2 Å². The minimum Gasteiger partial charge on any atom is -0.342 e. The number of benzene rings is 3. The summed E-state index contributed by atoms with van der Waals surface area (Å²) >= 11 is 0. The van der Waals surface area contributed by atoms with Gasteiger partial charge >= 0.3 is 12.1 Å². The van der Waals surface area contributed by atoms with Crippen LogP contribution in [0.15, 0.2) is 78.9 Å². The van der Waals surface area contributed by atoms with Crippen molar-refractivity contribution in [3.8, 4) is 11.1 Å². The number of amides is 6. The Bertz CT molecular complexity index is 1680. The summed E-state index contributed by atoms with van der Waals surface area (Å²) in [4.78, 5) is 62.1. The highest BCUT2D eigenvalue weighted by Crippen LogP contribution is 2.28. The number of nitrogens with one attached hydrogen (secondary N) is 3. The molecule has 4 aliphatic heterocycles. The molecule has 3 aromatic rings. The van der Waals surface area contributed by atoms with Crippen molar-refractivity contribution >= 4 is 35.3 Å². The molecule has 11 heteroatoms. The van der Waals surface area contributed by atoms with Crippen molar-refractivity contribution in [3.05, 3.63) is 84.4 Å². The van der Waals surface area contributed by atoms with E-state index in [0.717, 1.165) is 48.3 Å². The normalized spacial score (nSPS) is 19.5. The monoisotopic (exact) mass is 691 g/mol. The summed E-state index contributed by atoms with van der Waals surface area (Å²) in [6.07, 6.45) is 6.72. The van der Waals surface area contributed by atoms with Crippen LogP contribution in [0.4, 0.5) is 21.0 Å². The third kappa shape index (κ3) is 8.36. The highest BCUT2D eigenvalue weighted by atomic mass is 16.2. The second-order valence-corrected chi connectivity index (χ2v) is 14.3. The summed E-state index contributed by atoms with van der Waals surface area (Å²) in [5.41, 5.74) is 4.63. The first-order valence-electron chi connectivity index (χ1n) is 18.6. The lowest BCUT2D eigenvalue weighted by Gasteiger charge is -2.41. The van der Waals surface area contributed by atoms with Crippen molar-refractivity contribution in [2.75, 3.05) is 49.9 Å². The van der Waals surface area contributed by atoms with Crippen LogP contribution in [0.25, 0.3) is 11.1 Å². The molecular formula is C40H49N7O4. The van der Waals surface area contributed by atoms with Gasteiger partial charge in [-0.1, -0.05) is 67.1 Å². The average Bonchev–Trinajstić information content (AvgIpc) is 3.18. The van der Waals surface area contributed by atoms with Crippen LogP contribution in [0, 0.1) is 0 Å². The minimum atomic E-state index is -0.991. The van der Waals surface area contributed by atoms with Crippen molar-refractivity contribution in [3.63, 3.8) is 0 Å². The van der Waals surface area contributed by atoms with Gasteiger partial charge in [0, 0.05) is 56.2 Å². The maximum Gasteiger partial charge on any atom is 0.322 e. The number of piperidine rings is 3. The van der Waals surface area contributed by atoms with E-state index in [2.05, 4.69) is 20.9 Å². The smallest absolute Gasteiger partial charge is 0.322 e. The number of carbonyl (C=O) groups is 4. The van der Waals surface area contributed by atoms with Crippen LogP contribution in [0.1, 0.15) is 56.9 Å². The van der Waals surface area contributed by atoms with Crippen LogP contribution in [0.3, 0.4) is 0 Å². The fourth-order valence-corrected chi connectivity index (χ4v) is 8.11. The summed E-state index contributed by atoms with van der Waals surface area (Å²) < 4.78 is 0. The van der Waals surface area contributed by atoms with Gasteiger partial charge in [-0.25, -0.2) is 9.59 Å². The predicted octanol–water partition coefficient (Wildman–Crippen LogP) is 5.75. The van der Waals surface area contributed by atoms with Gasteiger partial charge in [0.25, 0.3) is 0 Å². The zero-order chi connectivity index (χ0) is 35.2. The molecule has 1 atom stereocenters. The lowest BCUT2D eigenvalue weighted by molar-refractivity contribution is -0.140. The van der Waals surface area contributed by atoms with Gasteiger partial charge in [0.05, 0.1) is 6.42 Å². The molecule has 0 bridgehead atoms. The molecular weight excluding hydrogens is 642 g/mol. The summed E-state index contributed by atoms with van der Waals surface area (Å²) in [6.45, 7) is 4.98. The van der Waals surface area contributed by atoms with E-state index in [1.165, 1.54) is 19.3 Å². The Morgan fingerprint density at radius 1 is 0.706 bits per heavy atom. The molecule has 4 heterocycles. The maximum absolute atomic E-state index is 14.0. The Morgan fingerprint density at radius 2 is 1.33 bits per heavy atom. The molecule has 0 spiro atoms. The fourth-order valence-electron chi connectivity index (χ4n) is 8.11. The van der Waals surface area contributed by atoms with Crippen molar-refractivity contribution in [1.82, 2.24) is 24.9 Å². The maximum atomic E-state index is 14.0. The van der Waals surface area contributed by atoms with E-state index in [-0.39, 0.29) is 30.3 Å². The lowest BCUT2D eigenvalue weighted by atomic mass is 9.98. The molecule has 6 amide bonds. The molecule has 11 nitrogen and oxygen atoms in total. The van der Waals surface area contributed by atoms with Crippen LogP contribution in [-0.2, 0) is 16.1 Å². The van der Waals surface area contributed by atoms with E-state index in [4.69, 9.17) is 0 Å². The molecule has 3 N–H and O–H groups in total. The highest BCUT2D eigenvalue weighted by Gasteiger charge is 2.36. The number of carbonyl (C=O) groups excluding carboxylic acids is 4. The first-order valence-corrected chi connectivity index (χ1v) is 18.6. The van der Waals surface area contributed by atoms with Gasteiger partial charge in [0.1, 0.15) is 6.04 Å². The Balaban J connectivity index is 0.977. The number of para-hydroxylation sites is 1. The van der Waals surface area contributed by atoms with Crippen LogP contribution in [0.5, 0.6) is 0 Å². The second-order valence-electron chi connectivity index (χ2n) is 14.3. The fraction of sp³-hybridized carbons (Fsp3) is 0.450. The summed E-state index contributed by atoms with van der Waals surface area (Å²) in [7, 11) is 0. The largest absolute Gasteiger partial charge is 0.342 e. The number of rotatable bonds is 8.